The van der Waals surface area contributed by atoms with Crippen molar-refractivity contribution in [3.8, 4) is 0 Å². The summed E-state index contributed by atoms with van der Waals surface area (Å²) in [5.41, 5.74) is 2.10. The molecule has 2 amide bonds. The predicted octanol–water partition coefficient (Wildman–Crippen LogP) is 2.14. The Bertz CT molecular complexity index is 655. The van der Waals surface area contributed by atoms with E-state index in [-0.39, 0.29) is 18.4 Å². The van der Waals surface area contributed by atoms with Crippen LogP contribution in [0.1, 0.15) is 35.2 Å². The first-order valence-electron chi connectivity index (χ1n) is 8.62. The van der Waals surface area contributed by atoms with Crippen molar-refractivity contribution in [2.45, 2.75) is 25.3 Å². The van der Waals surface area contributed by atoms with Crippen LogP contribution in [0.5, 0.6) is 0 Å². The van der Waals surface area contributed by atoms with E-state index < -0.39 is 0 Å². The molecule has 1 atom stereocenters. The first-order chi connectivity index (χ1) is 11.6. The summed E-state index contributed by atoms with van der Waals surface area (Å²) >= 11 is 0. The van der Waals surface area contributed by atoms with Gasteiger partial charge in [0.15, 0.2) is 0 Å². The molecule has 3 aliphatic rings. The molecular formula is C19H22N2O3. The summed E-state index contributed by atoms with van der Waals surface area (Å²) in [5.74, 6) is 0.319. The Labute approximate surface area is 141 Å². The van der Waals surface area contributed by atoms with Crippen molar-refractivity contribution in [3.63, 3.8) is 0 Å². The van der Waals surface area contributed by atoms with E-state index in [2.05, 4.69) is 6.58 Å². The molecule has 5 nitrogen and oxygen atoms in total. The number of amides is 2. The summed E-state index contributed by atoms with van der Waals surface area (Å²) < 4.78 is 5.43. The van der Waals surface area contributed by atoms with E-state index in [0.29, 0.717) is 23.2 Å². The molecule has 0 aromatic heterocycles. The van der Waals surface area contributed by atoms with Crippen LogP contribution in [0.25, 0.3) is 5.70 Å². The van der Waals surface area contributed by atoms with Crippen molar-refractivity contribution in [2.75, 3.05) is 26.3 Å². The van der Waals surface area contributed by atoms with Crippen LogP contribution in [0.2, 0.25) is 0 Å². The lowest BCUT2D eigenvalue weighted by Crippen LogP contribution is -2.43. The fourth-order valence-electron chi connectivity index (χ4n) is 3.57. The largest absolute Gasteiger partial charge is 0.381 e. The number of ether oxygens (including phenoxy) is 1. The van der Waals surface area contributed by atoms with Gasteiger partial charge in [-0.1, -0.05) is 24.8 Å². The lowest BCUT2D eigenvalue weighted by atomic mass is 10.1. The fraction of sp³-hybridized carbons (Fsp3) is 0.474. The quantitative estimate of drug-likeness (QED) is 0.833. The molecule has 1 aromatic rings. The van der Waals surface area contributed by atoms with Crippen LogP contribution < -0.4 is 0 Å². The van der Waals surface area contributed by atoms with Gasteiger partial charge in [0.2, 0.25) is 5.91 Å². The molecule has 0 N–H and O–H groups in total. The predicted molar refractivity (Wildman–Crippen MR) is 90.2 cm³/mol. The molecule has 1 saturated carbocycles. The molecule has 0 radical (unpaired) electrons. The Morgan fingerprint density at radius 3 is 2.62 bits per heavy atom. The molecule has 1 aliphatic carbocycles. The second kappa shape index (κ2) is 6.06. The molecule has 0 bridgehead atoms. The topological polar surface area (TPSA) is 49.9 Å². The highest BCUT2D eigenvalue weighted by Crippen LogP contribution is 2.33. The molecule has 1 aromatic carbocycles. The van der Waals surface area contributed by atoms with Gasteiger partial charge in [0.25, 0.3) is 5.91 Å². The maximum absolute atomic E-state index is 12.9. The molecule has 0 unspecified atom stereocenters. The molecule has 126 valence electrons. The van der Waals surface area contributed by atoms with E-state index in [0.717, 1.165) is 44.6 Å². The van der Waals surface area contributed by atoms with Gasteiger partial charge < -0.3 is 9.64 Å². The summed E-state index contributed by atoms with van der Waals surface area (Å²) in [5, 5.41) is 0. The SMILES string of the molecule is C=C1c2ccccc2C(=O)N1CC(=O)N(C[C@@H]1CCOC1)C1CC1. The van der Waals surface area contributed by atoms with E-state index in [4.69, 9.17) is 4.74 Å². The molecular weight excluding hydrogens is 304 g/mol. The average molecular weight is 326 g/mol. The number of carbonyl (C=O) groups is 2. The van der Waals surface area contributed by atoms with Gasteiger partial charge in [0.05, 0.1) is 6.61 Å². The highest BCUT2D eigenvalue weighted by molar-refractivity contribution is 6.10. The number of carbonyl (C=O) groups excluding carboxylic acids is 2. The lowest BCUT2D eigenvalue weighted by molar-refractivity contribution is -0.132. The molecule has 24 heavy (non-hydrogen) atoms. The number of nitrogens with zero attached hydrogens (tertiary/aromatic N) is 2. The second-order valence-corrected chi connectivity index (χ2v) is 6.89. The highest BCUT2D eigenvalue weighted by Gasteiger charge is 2.38. The van der Waals surface area contributed by atoms with Crippen molar-refractivity contribution in [2.24, 2.45) is 5.92 Å². The zero-order chi connectivity index (χ0) is 16.7. The van der Waals surface area contributed by atoms with Gasteiger partial charge in [-0.3, -0.25) is 14.5 Å². The first kappa shape index (κ1) is 15.4. The highest BCUT2D eigenvalue weighted by atomic mass is 16.5. The van der Waals surface area contributed by atoms with Gasteiger partial charge in [0, 0.05) is 41.9 Å². The number of benzene rings is 1. The minimum atomic E-state index is -0.121. The van der Waals surface area contributed by atoms with Crippen molar-refractivity contribution < 1.29 is 14.3 Å². The van der Waals surface area contributed by atoms with E-state index in [1.807, 2.05) is 23.1 Å². The van der Waals surface area contributed by atoms with Crippen LogP contribution in [0.3, 0.4) is 0 Å². The Kier molecular flexibility index (Phi) is 3.88. The molecule has 2 fully saturated rings. The fourth-order valence-corrected chi connectivity index (χ4v) is 3.57. The third kappa shape index (κ3) is 2.73. The van der Waals surface area contributed by atoms with Gasteiger partial charge in [0.1, 0.15) is 6.54 Å². The molecule has 2 aliphatic heterocycles. The molecule has 5 heteroatoms. The van der Waals surface area contributed by atoms with E-state index in [1.165, 1.54) is 4.90 Å². The van der Waals surface area contributed by atoms with E-state index in [1.54, 1.807) is 6.07 Å². The van der Waals surface area contributed by atoms with Crippen LogP contribution >= 0.6 is 0 Å². The van der Waals surface area contributed by atoms with Gasteiger partial charge >= 0.3 is 0 Å². The number of hydrogen-bond donors (Lipinski definition) is 0. The summed E-state index contributed by atoms with van der Waals surface area (Å²) in [6, 6.07) is 7.74. The van der Waals surface area contributed by atoms with Crippen molar-refractivity contribution in [1.82, 2.24) is 9.80 Å². The number of fused-ring (bicyclic) bond motifs is 1. The third-order valence-electron chi connectivity index (χ3n) is 5.12. The summed E-state index contributed by atoms with van der Waals surface area (Å²) in [7, 11) is 0. The van der Waals surface area contributed by atoms with Gasteiger partial charge in [-0.05, 0) is 25.3 Å². The van der Waals surface area contributed by atoms with E-state index in [9.17, 15) is 9.59 Å². The zero-order valence-corrected chi connectivity index (χ0v) is 13.7. The van der Waals surface area contributed by atoms with Crippen LogP contribution in [0, 0.1) is 5.92 Å². The van der Waals surface area contributed by atoms with Gasteiger partial charge in [-0.15, -0.1) is 0 Å². The molecule has 1 saturated heterocycles. The molecule has 0 spiro atoms. The lowest BCUT2D eigenvalue weighted by Gasteiger charge is -2.27. The molecule has 4 rings (SSSR count). The summed E-state index contributed by atoms with van der Waals surface area (Å²) in [6.07, 6.45) is 3.14. The van der Waals surface area contributed by atoms with Gasteiger partial charge in [-0.2, -0.15) is 0 Å². The Balaban J connectivity index is 1.47. The van der Waals surface area contributed by atoms with Gasteiger partial charge in [-0.25, -0.2) is 0 Å². The van der Waals surface area contributed by atoms with Crippen LogP contribution in [-0.2, 0) is 9.53 Å². The van der Waals surface area contributed by atoms with Crippen LogP contribution in [-0.4, -0.2) is 54.0 Å². The summed E-state index contributed by atoms with van der Waals surface area (Å²) in [4.78, 5) is 28.9. The van der Waals surface area contributed by atoms with Crippen molar-refractivity contribution in [1.29, 1.82) is 0 Å². The minimum Gasteiger partial charge on any atom is -0.381 e. The zero-order valence-electron chi connectivity index (χ0n) is 13.7. The Morgan fingerprint density at radius 1 is 1.25 bits per heavy atom. The maximum atomic E-state index is 12.9. The smallest absolute Gasteiger partial charge is 0.259 e. The van der Waals surface area contributed by atoms with Crippen molar-refractivity contribution >= 4 is 17.5 Å². The molecule has 2 heterocycles. The maximum Gasteiger partial charge on any atom is 0.259 e. The monoisotopic (exact) mass is 326 g/mol. The number of hydrogen-bond acceptors (Lipinski definition) is 3. The second-order valence-electron chi connectivity index (χ2n) is 6.89. The Hall–Kier alpha value is -2.14. The normalized spacial score (nSPS) is 22.8. The first-order valence-corrected chi connectivity index (χ1v) is 8.62. The minimum absolute atomic E-state index is 0.0201. The number of rotatable bonds is 5. The summed E-state index contributed by atoms with van der Waals surface area (Å²) in [6.45, 7) is 6.36. The van der Waals surface area contributed by atoms with Crippen molar-refractivity contribution in [3.05, 3.63) is 42.0 Å². The average Bonchev–Trinajstić information content (AvgIpc) is 3.25. The van der Waals surface area contributed by atoms with Crippen LogP contribution in [0.4, 0.5) is 0 Å². The Morgan fingerprint density at radius 2 is 2.00 bits per heavy atom. The van der Waals surface area contributed by atoms with Crippen LogP contribution in [0.15, 0.2) is 30.8 Å². The third-order valence-corrected chi connectivity index (χ3v) is 5.12. The standard InChI is InChI=1S/C19H22N2O3/c1-13-16-4-2-3-5-17(16)19(23)20(13)11-18(22)21(15-6-7-15)10-14-8-9-24-12-14/h2-5,14-15H,1,6-12H2/t14-/m0/s1. The van der Waals surface area contributed by atoms with E-state index >= 15 is 0 Å².